The number of benzene rings is 2. The smallest absolute Gasteiger partial charge is 0.251 e. The maximum Gasteiger partial charge on any atom is 0.251 e. The number of nitrogens with one attached hydrogen (secondary N) is 3. The molecule has 0 unspecified atom stereocenters. The molecule has 4 atom stereocenters. The molecule has 12 nitrogen and oxygen atoms in total. The molecule has 0 aromatic heterocycles. The molecule has 252 valence electrons. The summed E-state index contributed by atoms with van der Waals surface area (Å²) in [5.74, 6) is -0.270. The number of carbonyl (C=O) groups is 4. The highest BCUT2D eigenvalue weighted by Gasteiger charge is 2.39. The van der Waals surface area contributed by atoms with Crippen LogP contribution in [0.4, 0.5) is 5.69 Å². The lowest BCUT2D eigenvalue weighted by molar-refractivity contribution is -0.202. The zero-order valence-corrected chi connectivity index (χ0v) is 26.8. The summed E-state index contributed by atoms with van der Waals surface area (Å²) in [6.45, 7) is 4.46. The standard InChI is InChI=1S/C34H48N4O8/c1-3-4-13-31(43)38(20-10-6-9-19-35-33(44)25-11-7-5-8-12-25)21-18-30(42)37-26-14-16-27(17-15-26)45-34-32(36-24(2)40)29(41)22-28(23-39)46-34/h5,7-8,11-12,14-17,28-29,32,34,39,41H,3-4,6,9-10,13,18-23H2,1-2H3,(H,35,44)(H,36,40)(H,37,42)/t28-,29-,32+,34+/m0/s1. The largest absolute Gasteiger partial charge is 0.463 e. The van der Waals surface area contributed by atoms with E-state index in [1.54, 1.807) is 41.3 Å². The molecule has 1 aliphatic heterocycles. The molecule has 0 radical (unpaired) electrons. The van der Waals surface area contributed by atoms with Gasteiger partial charge in [0.05, 0.1) is 18.8 Å². The van der Waals surface area contributed by atoms with Gasteiger partial charge in [0.1, 0.15) is 11.8 Å². The Morgan fingerprint density at radius 1 is 0.957 bits per heavy atom. The van der Waals surface area contributed by atoms with Crippen LogP contribution >= 0.6 is 0 Å². The molecule has 3 rings (SSSR count). The number of ether oxygens (including phenoxy) is 2. The van der Waals surface area contributed by atoms with Gasteiger partial charge >= 0.3 is 0 Å². The van der Waals surface area contributed by atoms with Crippen molar-refractivity contribution >= 4 is 29.3 Å². The Morgan fingerprint density at radius 3 is 2.37 bits per heavy atom. The third kappa shape index (κ3) is 12.4. The van der Waals surface area contributed by atoms with E-state index in [-0.39, 0.29) is 43.1 Å². The first kappa shape index (κ1) is 36.5. The van der Waals surface area contributed by atoms with Crippen LogP contribution in [0, 0.1) is 0 Å². The van der Waals surface area contributed by atoms with Crippen molar-refractivity contribution in [1.29, 1.82) is 0 Å². The van der Waals surface area contributed by atoms with Crippen LogP contribution in [-0.4, -0.2) is 89.5 Å². The summed E-state index contributed by atoms with van der Waals surface area (Å²) in [7, 11) is 0. The summed E-state index contributed by atoms with van der Waals surface area (Å²) >= 11 is 0. The lowest BCUT2D eigenvalue weighted by atomic mass is 10.00. The highest BCUT2D eigenvalue weighted by atomic mass is 16.7. The van der Waals surface area contributed by atoms with E-state index in [1.165, 1.54) is 6.92 Å². The summed E-state index contributed by atoms with van der Waals surface area (Å²) in [6, 6.07) is 14.8. The van der Waals surface area contributed by atoms with Gasteiger partial charge in [0.2, 0.25) is 24.0 Å². The highest BCUT2D eigenvalue weighted by molar-refractivity contribution is 5.94. The van der Waals surface area contributed by atoms with Gasteiger partial charge in [0.15, 0.2) is 0 Å². The number of carbonyl (C=O) groups excluding carboxylic acids is 4. The fourth-order valence-electron chi connectivity index (χ4n) is 5.10. The molecular weight excluding hydrogens is 592 g/mol. The summed E-state index contributed by atoms with van der Waals surface area (Å²) in [5.41, 5.74) is 1.16. The van der Waals surface area contributed by atoms with E-state index in [1.807, 2.05) is 25.1 Å². The molecule has 0 aliphatic carbocycles. The Labute approximate surface area is 270 Å². The van der Waals surface area contributed by atoms with E-state index < -0.39 is 24.5 Å². The second-order valence-corrected chi connectivity index (χ2v) is 11.4. The maximum absolute atomic E-state index is 12.8. The van der Waals surface area contributed by atoms with Gasteiger partial charge in [0, 0.05) is 57.1 Å². The van der Waals surface area contributed by atoms with Crippen molar-refractivity contribution in [3.63, 3.8) is 0 Å². The van der Waals surface area contributed by atoms with Crippen LogP contribution in [0.2, 0.25) is 0 Å². The third-order valence-electron chi connectivity index (χ3n) is 7.63. The van der Waals surface area contributed by atoms with Crippen LogP contribution in [-0.2, 0) is 19.1 Å². The van der Waals surface area contributed by atoms with Crippen molar-refractivity contribution in [1.82, 2.24) is 15.5 Å². The fourth-order valence-corrected chi connectivity index (χ4v) is 5.10. The zero-order chi connectivity index (χ0) is 33.3. The van der Waals surface area contributed by atoms with Gasteiger partial charge in [0.25, 0.3) is 5.91 Å². The number of anilines is 1. The second kappa shape index (κ2) is 19.5. The average Bonchev–Trinajstić information content (AvgIpc) is 3.05. The lowest BCUT2D eigenvalue weighted by Gasteiger charge is -2.39. The fraction of sp³-hybridized carbons (Fsp3) is 0.529. The predicted molar refractivity (Wildman–Crippen MR) is 173 cm³/mol. The molecule has 1 aliphatic rings. The number of unbranched alkanes of at least 4 members (excludes halogenated alkanes) is 3. The molecule has 1 heterocycles. The molecule has 12 heteroatoms. The van der Waals surface area contributed by atoms with Crippen molar-refractivity contribution in [2.45, 2.75) is 89.8 Å². The van der Waals surface area contributed by atoms with Gasteiger partial charge in [-0.05, 0) is 62.1 Å². The molecule has 1 saturated heterocycles. The Morgan fingerprint density at radius 2 is 1.70 bits per heavy atom. The first-order valence-electron chi connectivity index (χ1n) is 16.1. The molecule has 2 aromatic carbocycles. The molecule has 46 heavy (non-hydrogen) atoms. The van der Waals surface area contributed by atoms with Crippen molar-refractivity contribution in [3.05, 3.63) is 60.2 Å². The molecule has 2 aromatic rings. The minimum atomic E-state index is -1.02. The SMILES string of the molecule is CCCCC(=O)N(CCCCCNC(=O)c1ccccc1)CCC(=O)Nc1ccc(O[C@@H]2O[C@H](CO)C[C@H](O)[C@H]2NC(C)=O)cc1. The van der Waals surface area contributed by atoms with Crippen LogP contribution in [0.1, 0.15) is 75.6 Å². The van der Waals surface area contributed by atoms with Crippen LogP contribution in [0.25, 0.3) is 0 Å². The van der Waals surface area contributed by atoms with Gasteiger partial charge in [-0.2, -0.15) is 0 Å². The van der Waals surface area contributed by atoms with Crippen molar-refractivity contribution < 1.29 is 38.9 Å². The summed E-state index contributed by atoms with van der Waals surface area (Å²) < 4.78 is 11.6. The Kier molecular flexibility index (Phi) is 15.5. The topological polar surface area (TPSA) is 167 Å². The third-order valence-corrected chi connectivity index (χ3v) is 7.63. The predicted octanol–water partition coefficient (Wildman–Crippen LogP) is 2.99. The lowest BCUT2D eigenvalue weighted by Crippen LogP contribution is -2.59. The van der Waals surface area contributed by atoms with Gasteiger partial charge < -0.3 is 40.5 Å². The van der Waals surface area contributed by atoms with Crippen molar-refractivity contribution in [2.24, 2.45) is 0 Å². The van der Waals surface area contributed by atoms with Crippen LogP contribution < -0.4 is 20.7 Å². The molecule has 0 spiro atoms. The van der Waals surface area contributed by atoms with E-state index in [4.69, 9.17) is 9.47 Å². The van der Waals surface area contributed by atoms with E-state index in [2.05, 4.69) is 16.0 Å². The zero-order valence-electron chi connectivity index (χ0n) is 26.8. The molecular formula is C34H48N4O8. The summed E-state index contributed by atoms with van der Waals surface area (Å²) in [6.07, 6.45) is 2.22. The van der Waals surface area contributed by atoms with Gasteiger partial charge in [-0.3, -0.25) is 19.2 Å². The second-order valence-electron chi connectivity index (χ2n) is 11.4. The van der Waals surface area contributed by atoms with E-state index in [0.717, 1.165) is 32.1 Å². The Balaban J connectivity index is 1.45. The maximum atomic E-state index is 12.8. The number of nitrogens with zero attached hydrogens (tertiary/aromatic N) is 1. The van der Waals surface area contributed by atoms with Crippen molar-refractivity contribution in [3.8, 4) is 5.75 Å². The van der Waals surface area contributed by atoms with Crippen molar-refractivity contribution in [2.75, 3.05) is 31.6 Å². The first-order chi connectivity index (χ1) is 22.2. The van der Waals surface area contributed by atoms with E-state index >= 15 is 0 Å². The van der Waals surface area contributed by atoms with Crippen LogP contribution in [0.15, 0.2) is 54.6 Å². The molecule has 5 N–H and O–H groups in total. The molecule has 0 bridgehead atoms. The number of hydrogen-bond donors (Lipinski definition) is 5. The Hall–Kier alpha value is -4.00. The highest BCUT2D eigenvalue weighted by Crippen LogP contribution is 2.25. The number of aliphatic hydroxyl groups is 2. The van der Waals surface area contributed by atoms with E-state index in [9.17, 15) is 29.4 Å². The van der Waals surface area contributed by atoms with E-state index in [0.29, 0.717) is 43.1 Å². The van der Waals surface area contributed by atoms with Crippen LogP contribution in [0.5, 0.6) is 5.75 Å². The van der Waals surface area contributed by atoms with Gasteiger partial charge in [-0.1, -0.05) is 31.5 Å². The average molecular weight is 641 g/mol. The first-order valence-corrected chi connectivity index (χ1v) is 16.1. The minimum Gasteiger partial charge on any atom is -0.463 e. The molecule has 0 saturated carbocycles. The molecule has 1 fully saturated rings. The normalized spacial score (nSPS) is 19.1. The quantitative estimate of drug-likeness (QED) is 0.155. The van der Waals surface area contributed by atoms with Gasteiger partial charge in [-0.15, -0.1) is 0 Å². The molecule has 4 amide bonds. The summed E-state index contributed by atoms with van der Waals surface area (Å²) in [4.78, 5) is 51.2. The Bertz CT molecular complexity index is 1240. The summed E-state index contributed by atoms with van der Waals surface area (Å²) in [5, 5.41) is 28.3. The van der Waals surface area contributed by atoms with Crippen LogP contribution in [0.3, 0.4) is 0 Å². The monoisotopic (exact) mass is 640 g/mol. The number of hydrogen-bond acceptors (Lipinski definition) is 8. The number of amides is 4. The minimum absolute atomic E-state index is 0.0320. The number of rotatable bonds is 18. The van der Waals surface area contributed by atoms with Gasteiger partial charge in [-0.25, -0.2) is 0 Å². The number of aliphatic hydroxyl groups excluding tert-OH is 2.